The molecule has 0 fully saturated rings. The third-order valence-electron chi connectivity index (χ3n) is 2.79. The Morgan fingerprint density at radius 2 is 1.65 bits per heavy atom. The molecule has 3 nitrogen and oxygen atoms in total. The fourth-order valence-electron chi connectivity index (χ4n) is 1.77. The summed E-state index contributed by atoms with van der Waals surface area (Å²) in [6.45, 7) is 0. The Hall–Kier alpha value is -1.88. The van der Waals surface area contributed by atoms with E-state index >= 15 is 0 Å². The van der Waals surface area contributed by atoms with Crippen LogP contribution in [0.2, 0.25) is 0 Å². The molecule has 104 valence electrons. The van der Waals surface area contributed by atoms with Gasteiger partial charge in [0.1, 0.15) is 17.3 Å². The van der Waals surface area contributed by atoms with Crippen molar-refractivity contribution < 1.29 is 18.7 Å². The molecule has 5 heteroatoms. The third-order valence-corrected chi connectivity index (χ3v) is 3.28. The first-order valence-electron chi connectivity index (χ1n) is 5.78. The van der Waals surface area contributed by atoms with Crippen LogP contribution in [0.1, 0.15) is 15.9 Å². The number of carbonyl (C=O) groups is 1. The summed E-state index contributed by atoms with van der Waals surface area (Å²) in [4.78, 5) is 12.3. The van der Waals surface area contributed by atoms with Gasteiger partial charge in [-0.05, 0) is 30.3 Å². The fourth-order valence-corrected chi connectivity index (χ4v) is 2.10. The zero-order chi connectivity index (χ0) is 14.7. The van der Waals surface area contributed by atoms with Crippen LogP contribution >= 0.6 is 15.9 Å². The van der Waals surface area contributed by atoms with Gasteiger partial charge in [0.15, 0.2) is 5.78 Å². The summed E-state index contributed by atoms with van der Waals surface area (Å²) in [5.74, 6) is -0.0474. The van der Waals surface area contributed by atoms with Gasteiger partial charge in [0.05, 0.1) is 19.8 Å². The molecular formula is C15H12BrFO3. The van der Waals surface area contributed by atoms with Crippen LogP contribution in [-0.4, -0.2) is 20.0 Å². The molecule has 0 aliphatic heterocycles. The molecule has 0 spiro atoms. The standard InChI is InChI=1S/C15H12BrFO3/c1-19-11-5-9(6-12(8-11)20-2)15(18)13-4-3-10(16)7-14(13)17/h3-8H,1-2H3. The molecule has 0 atom stereocenters. The Labute approximate surface area is 124 Å². The summed E-state index contributed by atoms with van der Waals surface area (Å²) < 4.78 is 24.6. The van der Waals surface area contributed by atoms with E-state index in [2.05, 4.69) is 15.9 Å². The zero-order valence-corrected chi connectivity index (χ0v) is 12.5. The molecule has 0 aromatic heterocycles. The van der Waals surface area contributed by atoms with Gasteiger partial charge >= 0.3 is 0 Å². The van der Waals surface area contributed by atoms with Crippen molar-refractivity contribution in [2.24, 2.45) is 0 Å². The van der Waals surface area contributed by atoms with E-state index in [0.717, 1.165) is 0 Å². The SMILES string of the molecule is COc1cc(OC)cc(C(=O)c2ccc(Br)cc2F)c1. The average molecular weight is 339 g/mol. The summed E-state index contributed by atoms with van der Waals surface area (Å²) in [7, 11) is 2.98. The second-order valence-electron chi connectivity index (χ2n) is 4.05. The highest BCUT2D eigenvalue weighted by Crippen LogP contribution is 2.25. The lowest BCUT2D eigenvalue weighted by atomic mass is 10.0. The van der Waals surface area contributed by atoms with Crippen molar-refractivity contribution in [1.82, 2.24) is 0 Å². The molecule has 0 heterocycles. The monoisotopic (exact) mass is 338 g/mol. The number of hydrogen-bond acceptors (Lipinski definition) is 3. The summed E-state index contributed by atoms with van der Waals surface area (Å²) in [5.41, 5.74) is 0.311. The molecule has 0 N–H and O–H groups in total. The zero-order valence-electron chi connectivity index (χ0n) is 10.9. The van der Waals surface area contributed by atoms with Crippen LogP contribution in [0, 0.1) is 5.82 Å². The van der Waals surface area contributed by atoms with Gasteiger partial charge in [-0.25, -0.2) is 4.39 Å². The van der Waals surface area contributed by atoms with Gasteiger partial charge in [-0.1, -0.05) is 15.9 Å². The molecule has 2 rings (SSSR count). The van der Waals surface area contributed by atoms with Crippen LogP contribution < -0.4 is 9.47 Å². The number of hydrogen-bond donors (Lipinski definition) is 0. The minimum absolute atomic E-state index is 0.00325. The summed E-state index contributed by atoms with van der Waals surface area (Å²) in [5, 5.41) is 0. The van der Waals surface area contributed by atoms with Gasteiger partial charge in [-0.15, -0.1) is 0 Å². The Morgan fingerprint density at radius 3 is 2.15 bits per heavy atom. The maximum atomic E-state index is 13.8. The normalized spacial score (nSPS) is 10.2. The van der Waals surface area contributed by atoms with Gasteiger partial charge < -0.3 is 9.47 Å². The van der Waals surface area contributed by atoms with E-state index in [1.54, 1.807) is 24.3 Å². The second-order valence-corrected chi connectivity index (χ2v) is 4.97. The molecule has 2 aromatic carbocycles. The highest BCUT2D eigenvalue weighted by atomic mass is 79.9. The van der Waals surface area contributed by atoms with Crippen molar-refractivity contribution in [2.75, 3.05) is 14.2 Å². The first kappa shape index (κ1) is 14.5. The molecule has 0 bridgehead atoms. The lowest BCUT2D eigenvalue weighted by Gasteiger charge is -2.08. The minimum atomic E-state index is -0.578. The summed E-state index contributed by atoms with van der Waals surface area (Å²) in [6, 6.07) is 9.06. The Morgan fingerprint density at radius 1 is 1.05 bits per heavy atom. The lowest BCUT2D eigenvalue weighted by Crippen LogP contribution is -2.05. The van der Waals surface area contributed by atoms with Gasteiger partial charge in [0.2, 0.25) is 0 Å². The molecule has 2 aromatic rings. The Kier molecular flexibility index (Phi) is 4.39. The van der Waals surface area contributed by atoms with Gasteiger partial charge in [0.25, 0.3) is 0 Å². The predicted octanol–water partition coefficient (Wildman–Crippen LogP) is 3.84. The van der Waals surface area contributed by atoms with E-state index in [1.165, 1.54) is 26.4 Å². The first-order valence-corrected chi connectivity index (χ1v) is 6.57. The van der Waals surface area contributed by atoms with Crippen molar-refractivity contribution in [2.45, 2.75) is 0 Å². The molecule has 0 radical (unpaired) electrons. The van der Waals surface area contributed by atoms with Crippen molar-refractivity contribution in [1.29, 1.82) is 0 Å². The lowest BCUT2D eigenvalue weighted by molar-refractivity contribution is 0.103. The van der Waals surface area contributed by atoms with Crippen molar-refractivity contribution in [3.8, 4) is 11.5 Å². The summed E-state index contributed by atoms with van der Waals surface area (Å²) >= 11 is 3.16. The van der Waals surface area contributed by atoms with E-state index in [-0.39, 0.29) is 5.56 Å². The Bertz CT molecular complexity index is 633. The topological polar surface area (TPSA) is 35.5 Å². The number of benzene rings is 2. The van der Waals surface area contributed by atoms with Crippen LogP contribution in [0.25, 0.3) is 0 Å². The molecule has 0 amide bonds. The van der Waals surface area contributed by atoms with Gasteiger partial charge in [0, 0.05) is 16.1 Å². The smallest absolute Gasteiger partial charge is 0.196 e. The van der Waals surface area contributed by atoms with Crippen molar-refractivity contribution in [3.63, 3.8) is 0 Å². The van der Waals surface area contributed by atoms with Crippen molar-refractivity contribution >= 4 is 21.7 Å². The van der Waals surface area contributed by atoms with E-state index in [0.29, 0.717) is 21.5 Å². The second kappa shape index (κ2) is 6.05. The van der Waals surface area contributed by atoms with E-state index in [4.69, 9.17) is 9.47 Å². The molecular weight excluding hydrogens is 327 g/mol. The highest BCUT2D eigenvalue weighted by molar-refractivity contribution is 9.10. The van der Waals surface area contributed by atoms with Crippen LogP contribution in [0.3, 0.4) is 0 Å². The number of rotatable bonds is 4. The van der Waals surface area contributed by atoms with Crippen LogP contribution in [0.5, 0.6) is 11.5 Å². The molecule has 0 saturated carbocycles. The number of halogens is 2. The molecule has 0 saturated heterocycles. The first-order chi connectivity index (χ1) is 9.55. The maximum Gasteiger partial charge on any atom is 0.196 e. The number of carbonyl (C=O) groups excluding carboxylic acids is 1. The third kappa shape index (κ3) is 2.99. The van der Waals surface area contributed by atoms with Crippen LogP contribution in [-0.2, 0) is 0 Å². The molecule has 0 aliphatic carbocycles. The van der Waals surface area contributed by atoms with Gasteiger partial charge in [-0.3, -0.25) is 4.79 Å². The highest BCUT2D eigenvalue weighted by Gasteiger charge is 2.16. The molecule has 20 heavy (non-hydrogen) atoms. The van der Waals surface area contributed by atoms with Crippen LogP contribution in [0.4, 0.5) is 4.39 Å². The largest absolute Gasteiger partial charge is 0.497 e. The average Bonchev–Trinajstić information content (AvgIpc) is 2.46. The number of ether oxygens (including phenoxy) is 2. The van der Waals surface area contributed by atoms with Crippen LogP contribution in [0.15, 0.2) is 40.9 Å². The van der Waals surface area contributed by atoms with E-state index in [1.807, 2.05) is 0 Å². The minimum Gasteiger partial charge on any atom is -0.497 e. The van der Waals surface area contributed by atoms with E-state index < -0.39 is 11.6 Å². The molecule has 0 aliphatic rings. The Balaban J connectivity index is 2.47. The predicted molar refractivity (Wildman–Crippen MR) is 77.1 cm³/mol. The fraction of sp³-hybridized carbons (Fsp3) is 0.133. The van der Waals surface area contributed by atoms with E-state index in [9.17, 15) is 9.18 Å². The number of ketones is 1. The summed E-state index contributed by atoms with van der Waals surface area (Å²) in [6.07, 6.45) is 0. The van der Waals surface area contributed by atoms with Crippen molar-refractivity contribution in [3.05, 3.63) is 57.8 Å². The number of methoxy groups -OCH3 is 2. The van der Waals surface area contributed by atoms with Gasteiger partial charge in [-0.2, -0.15) is 0 Å². The quantitative estimate of drug-likeness (QED) is 0.794. The molecule has 0 unspecified atom stereocenters. The maximum absolute atomic E-state index is 13.8.